The zero-order chi connectivity index (χ0) is 15.8. The molecule has 0 aromatic heterocycles. The third-order valence-electron chi connectivity index (χ3n) is 4.18. The third-order valence-corrected chi connectivity index (χ3v) is 4.18. The number of unbranched alkanes of at least 4 members (excludes halogenated alkanes) is 11. The zero-order valence-electron chi connectivity index (χ0n) is 14.4. The van der Waals surface area contributed by atoms with Crippen molar-refractivity contribution >= 4 is 0 Å². The topological polar surface area (TPSA) is 40.5 Å². The van der Waals surface area contributed by atoms with Crippen molar-refractivity contribution in [2.24, 2.45) is 5.92 Å². The van der Waals surface area contributed by atoms with E-state index in [0.717, 1.165) is 6.42 Å². The van der Waals surface area contributed by atoms with E-state index in [2.05, 4.69) is 13.0 Å². The Balaban J connectivity index is 3.20. The summed E-state index contributed by atoms with van der Waals surface area (Å²) in [6.07, 6.45) is 19.5. The molecule has 126 valence electrons. The van der Waals surface area contributed by atoms with Crippen LogP contribution in [0.15, 0.2) is 12.2 Å². The van der Waals surface area contributed by atoms with Gasteiger partial charge >= 0.3 is 0 Å². The first-order valence-corrected chi connectivity index (χ1v) is 9.18. The van der Waals surface area contributed by atoms with E-state index in [9.17, 15) is 5.11 Å². The van der Waals surface area contributed by atoms with Gasteiger partial charge in [0.25, 0.3) is 0 Å². The van der Waals surface area contributed by atoms with Gasteiger partial charge in [-0.2, -0.15) is 0 Å². The normalized spacial score (nSPS) is 14.7. The number of hydrogen-bond acceptors (Lipinski definition) is 2. The molecular weight excluding hydrogens is 260 g/mol. The average Bonchev–Trinajstić information content (AvgIpc) is 2.50. The highest BCUT2D eigenvalue weighted by molar-refractivity contribution is 4.90. The highest BCUT2D eigenvalue weighted by Gasteiger charge is 2.08. The molecule has 0 aliphatic carbocycles. The first-order valence-electron chi connectivity index (χ1n) is 9.18. The van der Waals surface area contributed by atoms with Gasteiger partial charge in [0.2, 0.25) is 0 Å². The molecule has 0 radical (unpaired) electrons. The van der Waals surface area contributed by atoms with E-state index in [1.807, 2.05) is 13.0 Å². The van der Waals surface area contributed by atoms with Crippen molar-refractivity contribution < 1.29 is 10.2 Å². The number of hydrogen-bond donors (Lipinski definition) is 2. The molecule has 0 heterocycles. The van der Waals surface area contributed by atoms with Crippen molar-refractivity contribution in [3.8, 4) is 0 Å². The minimum Gasteiger partial charge on any atom is -0.396 e. The molecule has 0 spiro atoms. The van der Waals surface area contributed by atoms with Gasteiger partial charge in [0, 0.05) is 12.5 Å². The quantitative estimate of drug-likeness (QED) is 0.321. The van der Waals surface area contributed by atoms with Crippen LogP contribution in [0, 0.1) is 5.92 Å². The van der Waals surface area contributed by atoms with Gasteiger partial charge in [-0.1, -0.05) is 90.2 Å². The fourth-order valence-corrected chi connectivity index (χ4v) is 2.46. The first-order chi connectivity index (χ1) is 10.2. The van der Waals surface area contributed by atoms with Crippen LogP contribution in [0.4, 0.5) is 0 Å². The van der Waals surface area contributed by atoms with E-state index in [4.69, 9.17) is 5.11 Å². The second-order valence-corrected chi connectivity index (χ2v) is 6.40. The Morgan fingerprint density at radius 3 is 1.76 bits per heavy atom. The molecule has 2 nitrogen and oxygen atoms in total. The van der Waals surface area contributed by atoms with Gasteiger partial charge in [-0.15, -0.1) is 0 Å². The van der Waals surface area contributed by atoms with Crippen LogP contribution in [0.3, 0.4) is 0 Å². The summed E-state index contributed by atoms with van der Waals surface area (Å²) in [7, 11) is 0. The Morgan fingerprint density at radius 1 is 0.810 bits per heavy atom. The molecule has 0 aromatic carbocycles. The summed E-state index contributed by atoms with van der Waals surface area (Å²) in [6, 6.07) is 0. The Bertz CT molecular complexity index is 226. The predicted molar refractivity (Wildman–Crippen MR) is 92.5 cm³/mol. The molecule has 2 heteroatoms. The highest BCUT2D eigenvalue weighted by Crippen LogP contribution is 2.12. The average molecular weight is 299 g/mol. The molecule has 2 atom stereocenters. The molecule has 0 aliphatic rings. The van der Waals surface area contributed by atoms with E-state index in [-0.39, 0.29) is 12.5 Å². The Morgan fingerprint density at radius 2 is 1.29 bits per heavy atom. The second-order valence-electron chi connectivity index (χ2n) is 6.40. The Kier molecular flexibility index (Phi) is 15.8. The van der Waals surface area contributed by atoms with Crippen molar-refractivity contribution in [2.45, 2.75) is 97.0 Å². The van der Waals surface area contributed by atoms with E-state index in [0.29, 0.717) is 0 Å². The van der Waals surface area contributed by atoms with Crippen LogP contribution in [0.1, 0.15) is 90.9 Å². The van der Waals surface area contributed by atoms with Gasteiger partial charge in [-0.05, 0) is 12.8 Å². The van der Waals surface area contributed by atoms with Gasteiger partial charge < -0.3 is 10.2 Å². The Labute approximate surface area is 132 Å². The Hall–Kier alpha value is -0.340. The molecular formula is C19H38O2. The molecule has 0 aromatic rings. The lowest BCUT2D eigenvalue weighted by Gasteiger charge is -2.11. The molecule has 0 rings (SSSR count). The first kappa shape index (κ1) is 20.7. The fraction of sp³-hybridized carbons (Fsp3) is 0.895. The molecule has 0 amide bonds. The molecule has 2 N–H and O–H groups in total. The van der Waals surface area contributed by atoms with Gasteiger partial charge in [0.05, 0.1) is 6.10 Å². The molecule has 0 fully saturated rings. The maximum Gasteiger partial charge on any atom is 0.0768 e. The maximum atomic E-state index is 9.65. The number of rotatable bonds is 15. The summed E-state index contributed by atoms with van der Waals surface area (Å²) < 4.78 is 0. The van der Waals surface area contributed by atoms with Crippen LogP contribution >= 0.6 is 0 Å². The van der Waals surface area contributed by atoms with Gasteiger partial charge in [0.15, 0.2) is 0 Å². The summed E-state index contributed by atoms with van der Waals surface area (Å²) in [5, 5.41) is 18.6. The summed E-state index contributed by atoms with van der Waals surface area (Å²) in [5.74, 6) is -0.0569. The van der Waals surface area contributed by atoms with Gasteiger partial charge in [-0.3, -0.25) is 0 Å². The monoisotopic (exact) mass is 298 g/mol. The summed E-state index contributed by atoms with van der Waals surface area (Å²) in [5.41, 5.74) is 0. The third kappa shape index (κ3) is 14.4. The maximum absolute atomic E-state index is 9.65. The largest absolute Gasteiger partial charge is 0.396 e. The predicted octanol–water partition coefficient (Wildman–Crippen LogP) is 5.23. The zero-order valence-corrected chi connectivity index (χ0v) is 14.4. The van der Waals surface area contributed by atoms with Crippen molar-refractivity contribution in [2.75, 3.05) is 6.61 Å². The lowest BCUT2D eigenvalue weighted by Crippen LogP contribution is -2.17. The highest BCUT2D eigenvalue weighted by atomic mass is 16.3. The van der Waals surface area contributed by atoms with E-state index in [1.165, 1.54) is 70.6 Å². The molecule has 0 aliphatic heterocycles. The van der Waals surface area contributed by atoms with Gasteiger partial charge in [-0.25, -0.2) is 0 Å². The second kappa shape index (κ2) is 16.0. The minimum absolute atomic E-state index is 0.0456. The van der Waals surface area contributed by atoms with E-state index >= 15 is 0 Å². The SMILES string of the molecule is CCCCCCCCCCCCC/C=C/[C@@H](O)[C@@H](C)CO. The van der Waals surface area contributed by atoms with Crippen molar-refractivity contribution in [3.63, 3.8) is 0 Å². The van der Waals surface area contributed by atoms with Crippen LogP contribution in [-0.2, 0) is 0 Å². The summed E-state index contributed by atoms with van der Waals surface area (Å²) in [6.45, 7) is 4.17. The van der Waals surface area contributed by atoms with Crippen LogP contribution in [0.25, 0.3) is 0 Å². The number of aliphatic hydroxyl groups excluding tert-OH is 2. The van der Waals surface area contributed by atoms with E-state index in [1.54, 1.807) is 0 Å². The van der Waals surface area contributed by atoms with Gasteiger partial charge in [0.1, 0.15) is 0 Å². The van der Waals surface area contributed by atoms with E-state index < -0.39 is 6.10 Å². The van der Waals surface area contributed by atoms with Crippen LogP contribution in [0.5, 0.6) is 0 Å². The summed E-state index contributed by atoms with van der Waals surface area (Å²) >= 11 is 0. The van der Waals surface area contributed by atoms with Crippen molar-refractivity contribution in [1.82, 2.24) is 0 Å². The summed E-state index contributed by atoms with van der Waals surface area (Å²) in [4.78, 5) is 0. The lowest BCUT2D eigenvalue weighted by molar-refractivity contribution is 0.111. The van der Waals surface area contributed by atoms with Crippen LogP contribution in [-0.4, -0.2) is 22.9 Å². The smallest absolute Gasteiger partial charge is 0.0768 e. The minimum atomic E-state index is -0.497. The van der Waals surface area contributed by atoms with Crippen LogP contribution in [0.2, 0.25) is 0 Å². The lowest BCUT2D eigenvalue weighted by atomic mass is 10.0. The van der Waals surface area contributed by atoms with Crippen molar-refractivity contribution in [3.05, 3.63) is 12.2 Å². The molecule has 0 saturated carbocycles. The number of allylic oxidation sites excluding steroid dienone is 1. The standard InChI is InChI=1S/C19H38O2/c1-3-4-5-6-7-8-9-10-11-12-13-14-15-16-19(21)18(2)17-20/h15-16,18-21H,3-14,17H2,1-2H3/b16-15+/t18-,19+/m0/s1. The fourth-order valence-electron chi connectivity index (χ4n) is 2.46. The van der Waals surface area contributed by atoms with Crippen molar-refractivity contribution in [1.29, 1.82) is 0 Å². The molecule has 0 saturated heterocycles. The molecule has 0 unspecified atom stereocenters. The van der Waals surface area contributed by atoms with Crippen LogP contribution < -0.4 is 0 Å². The molecule has 0 bridgehead atoms. The molecule has 21 heavy (non-hydrogen) atoms. The number of aliphatic hydroxyl groups is 2.